The monoisotopic (exact) mass is 668 g/mol. The Kier molecular flexibility index (Phi) is 9.37. The van der Waals surface area contributed by atoms with Gasteiger partial charge < -0.3 is 10.6 Å². The van der Waals surface area contributed by atoms with Gasteiger partial charge in [-0.1, -0.05) is 35.9 Å². The Morgan fingerprint density at radius 3 is 2.38 bits per heavy atom. The van der Waals surface area contributed by atoms with E-state index in [9.17, 15) is 23.2 Å². The van der Waals surface area contributed by atoms with Crippen molar-refractivity contribution in [1.29, 1.82) is 5.26 Å². The number of benzene rings is 2. The van der Waals surface area contributed by atoms with Crippen LogP contribution in [0, 0.1) is 16.7 Å². The highest BCUT2D eigenvalue weighted by Gasteiger charge is 2.51. The maximum atomic E-state index is 13.4. The van der Waals surface area contributed by atoms with Crippen LogP contribution >= 0.6 is 11.6 Å². The first-order chi connectivity index (χ1) is 22.4. The van der Waals surface area contributed by atoms with E-state index in [2.05, 4.69) is 65.9 Å². The van der Waals surface area contributed by atoms with Gasteiger partial charge in [0.25, 0.3) is 0 Å². The molecule has 1 aromatic heterocycles. The number of hydrogen-bond donors (Lipinski definition) is 3. The van der Waals surface area contributed by atoms with Gasteiger partial charge in [0, 0.05) is 62.2 Å². The standard InChI is InChI=1S/C34H40ClF3N8O/c1-32(2,34(36,37)38)30-42-29(43-44-30)19-41-31(47)33(21-39)17-24-15-27(28(35)16-25(24)18-33)23-5-3-22(4-6-23)20-45-11-7-26(8-12-45)46-13-9-40-10-14-46/h3-6,15-16,26,40H,7-14,17-20H2,1-2H3,(H,41,47)(H,42,43,44). The molecule has 2 fully saturated rings. The third kappa shape index (κ3) is 6.90. The van der Waals surface area contributed by atoms with Crippen molar-refractivity contribution in [2.75, 3.05) is 39.3 Å². The smallest absolute Gasteiger partial charge is 0.347 e. The molecule has 250 valence electrons. The molecule has 2 aromatic carbocycles. The van der Waals surface area contributed by atoms with Crippen LogP contribution in [0.1, 0.15) is 55.0 Å². The first kappa shape index (κ1) is 33.4. The second-order valence-electron chi connectivity index (χ2n) is 13.5. The molecule has 3 heterocycles. The highest BCUT2D eigenvalue weighted by atomic mass is 35.5. The van der Waals surface area contributed by atoms with E-state index in [4.69, 9.17) is 11.6 Å². The van der Waals surface area contributed by atoms with E-state index in [1.165, 1.54) is 18.4 Å². The van der Waals surface area contributed by atoms with Gasteiger partial charge in [-0.2, -0.15) is 23.5 Å². The van der Waals surface area contributed by atoms with Crippen LogP contribution in [-0.2, 0) is 36.1 Å². The number of halogens is 4. The molecule has 13 heteroatoms. The second-order valence-corrected chi connectivity index (χ2v) is 14.0. The highest BCUT2D eigenvalue weighted by molar-refractivity contribution is 6.33. The number of amides is 1. The summed E-state index contributed by atoms with van der Waals surface area (Å²) >= 11 is 6.74. The molecule has 2 aliphatic heterocycles. The number of H-pyrrole nitrogens is 1. The van der Waals surface area contributed by atoms with Gasteiger partial charge in [-0.05, 0) is 74.2 Å². The molecule has 47 heavy (non-hydrogen) atoms. The summed E-state index contributed by atoms with van der Waals surface area (Å²) in [6.07, 6.45) is -1.77. The summed E-state index contributed by atoms with van der Waals surface area (Å²) in [5.41, 5.74) is 1.10. The number of aromatic amines is 1. The lowest BCUT2D eigenvalue weighted by atomic mass is 9.85. The zero-order valence-electron chi connectivity index (χ0n) is 26.7. The van der Waals surface area contributed by atoms with Crippen molar-refractivity contribution in [2.24, 2.45) is 5.41 Å². The number of rotatable bonds is 8. The van der Waals surface area contributed by atoms with Crippen molar-refractivity contribution in [1.82, 2.24) is 35.6 Å². The number of alkyl halides is 3. The fraction of sp³-hybridized carbons (Fsp3) is 0.529. The van der Waals surface area contributed by atoms with Crippen molar-refractivity contribution >= 4 is 17.5 Å². The van der Waals surface area contributed by atoms with Crippen LogP contribution in [0.5, 0.6) is 0 Å². The first-order valence-corrected chi connectivity index (χ1v) is 16.5. The Morgan fingerprint density at radius 1 is 1.09 bits per heavy atom. The van der Waals surface area contributed by atoms with E-state index in [0.29, 0.717) is 11.1 Å². The SMILES string of the molecule is CC(C)(c1n[nH]c(CNC(=O)C2(C#N)Cc3cc(Cl)c(-c4ccc(CN5CCC(N6CCNCC6)CC5)cc4)cc3C2)n1)C(F)(F)F. The molecule has 0 saturated carbocycles. The van der Waals surface area contributed by atoms with E-state index < -0.39 is 28.7 Å². The Hall–Kier alpha value is -3.50. The lowest BCUT2D eigenvalue weighted by Gasteiger charge is -2.40. The van der Waals surface area contributed by atoms with E-state index in [1.54, 1.807) is 0 Å². The molecular weight excluding hydrogens is 629 g/mol. The average Bonchev–Trinajstić information content (AvgIpc) is 3.70. The molecular formula is C34H40ClF3N8O. The quantitative estimate of drug-likeness (QED) is 0.317. The van der Waals surface area contributed by atoms with Crippen molar-refractivity contribution in [3.63, 3.8) is 0 Å². The van der Waals surface area contributed by atoms with Crippen LogP contribution in [0.4, 0.5) is 13.2 Å². The molecule has 3 N–H and O–H groups in total. The number of hydrogen-bond acceptors (Lipinski definition) is 7. The Labute approximate surface area is 277 Å². The summed E-state index contributed by atoms with van der Waals surface area (Å²) in [4.78, 5) is 22.4. The van der Waals surface area contributed by atoms with Crippen molar-refractivity contribution in [3.05, 3.63) is 69.8 Å². The zero-order valence-corrected chi connectivity index (χ0v) is 27.4. The predicted octanol–water partition coefficient (Wildman–Crippen LogP) is 4.76. The fourth-order valence-electron chi connectivity index (χ4n) is 6.86. The van der Waals surface area contributed by atoms with E-state index in [0.717, 1.165) is 81.9 Å². The van der Waals surface area contributed by atoms with Gasteiger partial charge in [0.05, 0.1) is 12.6 Å². The molecule has 1 amide bonds. The number of piperazine rings is 1. The van der Waals surface area contributed by atoms with Gasteiger partial charge in [-0.3, -0.25) is 19.7 Å². The van der Waals surface area contributed by atoms with Gasteiger partial charge >= 0.3 is 6.18 Å². The Balaban J connectivity index is 1.07. The van der Waals surface area contributed by atoms with Crippen molar-refractivity contribution in [2.45, 2.75) is 70.3 Å². The lowest BCUT2D eigenvalue weighted by molar-refractivity contribution is -0.182. The van der Waals surface area contributed by atoms with Crippen LogP contribution in [0.15, 0.2) is 36.4 Å². The van der Waals surface area contributed by atoms with Gasteiger partial charge in [-0.15, -0.1) is 0 Å². The number of nitrogens with zero attached hydrogens (tertiary/aromatic N) is 5. The molecule has 3 aromatic rings. The molecule has 1 atom stereocenters. The van der Waals surface area contributed by atoms with Crippen molar-refractivity contribution in [3.8, 4) is 17.2 Å². The van der Waals surface area contributed by atoms with E-state index >= 15 is 0 Å². The van der Waals surface area contributed by atoms with Gasteiger partial charge in [0.2, 0.25) is 5.91 Å². The predicted molar refractivity (Wildman–Crippen MR) is 172 cm³/mol. The lowest BCUT2D eigenvalue weighted by Crippen LogP contribution is -2.51. The molecule has 0 radical (unpaired) electrons. The molecule has 1 aliphatic carbocycles. The highest BCUT2D eigenvalue weighted by Crippen LogP contribution is 2.42. The second kappa shape index (κ2) is 13.2. The zero-order chi connectivity index (χ0) is 33.4. The molecule has 3 aliphatic rings. The molecule has 2 saturated heterocycles. The molecule has 6 rings (SSSR count). The normalized spacial score (nSPS) is 21.4. The van der Waals surface area contributed by atoms with E-state index in [1.807, 2.05) is 12.1 Å². The summed E-state index contributed by atoms with van der Waals surface area (Å²) < 4.78 is 40.2. The number of likely N-dealkylation sites (tertiary alicyclic amines) is 1. The van der Waals surface area contributed by atoms with Crippen LogP contribution in [-0.4, -0.2) is 82.4 Å². The average molecular weight is 669 g/mol. The number of carbonyl (C=O) groups excluding carboxylic acids is 1. The van der Waals surface area contributed by atoms with Gasteiger partial charge in [0.15, 0.2) is 5.82 Å². The maximum absolute atomic E-state index is 13.4. The third-order valence-electron chi connectivity index (χ3n) is 10.0. The van der Waals surface area contributed by atoms with Gasteiger partial charge in [-0.25, -0.2) is 4.98 Å². The molecule has 0 bridgehead atoms. The minimum absolute atomic E-state index is 0.0720. The van der Waals surface area contributed by atoms with Gasteiger partial charge in [0.1, 0.15) is 16.7 Å². The molecule has 9 nitrogen and oxygen atoms in total. The number of carbonyl (C=O) groups is 1. The topological polar surface area (TPSA) is 113 Å². The molecule has 0 spiro atoms. The molecule has 1 unspecified atom stereocenters. The Bertz CT molecular complexity index is 1640. The number of nitriles is 1. The van der Waals surface area contributed by atoms with Crippen LogP contribution in [0.25, 0.3) is 11.1 Å². The number of nitrogens with one attached hydrogen (secondary N) is 3. The van der Waals surface area contributed by atoms with Crippen LogP contribution in [0.3, 0.4) is 0 Å². The number of piperidine rings is 1. The third-order valence-corrected chi connectivity index (χ3v) is 10.3. The summed E-state index contributed by atoms with van der Waals surface area (Å²) in [6, 6.07) is 15.1. The summed E-state index contributed by atoms with van der Waals surface area (Å²) in [7, 11) is 0. The minimum Gasteiger partial charge on any atom is -0.347 e. The van der Waals surface area contributed by atoms with Crippen LogP contribution in [0.2, 0.25) is 5.02 Å². The van der Waals surface area contributed by atoms with Crippen LogP contribution < -0.4 is 10.6 Å². The minimum atomic E-state index is -4.54. The largest absolute Gasteiger partial charge is 0.401 e. The first-order valence-electron chi connectivity index (χ1n) is 16.1. The number of fused-ring (bicyclic) bond motifs is 1. The fourth-order valence-corrected chi connectivity index (χ4v) is 7.16. The summed E-state index contributed by atoms with van der Waals surface area (Å²) in [5.74, 6) is -0.871. The summed E-state index contributed by atoms with van der Waals surface area (Å²) in [5, 5.41) is 23.0. The van der Waals surface area contributed by atoms with E-state index in [-0.39, 0.29) is 25.2 Å². The van der Waals surface area contributed by atoms with Crippen molar-refractivity contribution < 1.29 is 18.0 Å². The maximum Gasteiger partial charge on any atom is 0.401 e. The number of aromatic nitrogens is 3. The Morgan fingerprint density at radius 2 is 1.74 bits per heavy atom. The summed E-state index contributed by atoms with van der Waals surface area (Å²) in [6.45, 7) is 9.33.